The largest absolute Gasteiger partial charge is 0.416 e. The summed E-state index contributed by atoms with van der Waals surface area (Å²) in [5.41, 5.74) is 0.605. The van der Waals surface area contributed by atoms with Crippen LogP contribution >= 0.6 is 0 Å². The molecule has 1 fully saturated rings. The minimum Gasteiger partial charge on any atom is -0.363 e. The van der Waals surface area contributed by atoms with Crippen LogP contribution < -0.4 is 10.9 Å². The van der Waals surface area contributed by atoms with Gasteiger partial charge < -0.3 is 9.88 Å². The molecule has 0 unspecified atom stereocenters. The average molecular weight is 402 g/mol. The third kappa shape index (κ3) is 3.47. The standard InChI is InChI=1S/C21H21F3N4O/c1-12-17-16(10-28(19(12)29)20(3)7-8-20)18(26-11-25-17)27-13(2)14-5-4-6-15(9-14)21(22,23)24/h4-6,9-11,13H,7-8H2,1-3H3,(H,25,26,27)/t13-/m0/s1. The second-order valence-corrected chi connectivity index (χ2v) is 7.90. The quantitative estimate of drug-likeness (QED) is 0.681. The number of hydrogen-bond acceptors (Lipinski definition) is 4. The van der Waals surface area contributed by atoms with Crippen LogP contribution in [0.2, 0.25) is 0 Å². The van der Waals surface area contributed by atoms with E-state index in [0.29, 0.717) is 27.8 Å². The lowest BCUT2D eigenvalue weighted by Gasteiger charge is -2.20. The predicted octanol–water partition coefficient (Wildman–Crippen LogP) is 4.80. The Morgan fingerprint density at radius 1 is 1.24 bits per heavy atom. The van der Waals surface area contributed by atoms with Gasteiger partial charge in [-0.3, -0.25) is 4.79 Å². The third-order valence-corrected chi connectivity index (χ3v) is 5.66. The normalized spacial score (nSPS) is 16.6. The van der Waals surface area contributed by atoms with Crippen molar-refractivity contribution in [2.45, 2.75) is 51.4 Å². The molecule has 5 nitrogen and oxygen atoms in total. The van der Waals surface area contributed by atoms with Crippen molar-refractivity contribution in [3.05, 3.63) is 63.8 Å². The van der Waals surface area contributed by atoms with Gasteiger partial charge in [0.15, 0.2) is 0 Å². The molecule has 8 heteroatoms. The highest BCUT2D eigenvalue weighted by Crippen LogP contribution is 2.42. The Morgan fingerprint density at radius 3 is 2.62 bits per heavy atom. The van der Waals surface area contributed by atoms with Crippen LogP contribution in [0.25, 0.3) is 10.9 Å². The molecule has 0 radical (unpaired) electrons. The number of benzene rings is 1. The first kappa shape index (κ1) is 19.4. The van der Waals surface area contributed by atoms with Crippen molar-refractivity contribution in [2.75, 3.05) is 5.32 Å². The molecule has 152 valence electrons. The molecule has 2 aromatic heterocycles. The van der Waals surface area contributed by atoms with Gasteiger partial charge in [0.25, 0.3) is 5.56 Å². The van der Waals surface area contributed by atoms with Crippen molar-refractivity contribution in [3.63, 3.8) is 0 Å². The molecular formula is C21H21F3N4O. The van der Waals surface area contributed by atoms with Crippen LogP contribution in [0.1, 0.15) is 49.4 Å². The number of aryl methyl sites for hydroxylation is 1. The molecule has 0 bridgehead atoms. The Balaban J connectivity index is 1.75. The molecule has 1 atom stereocenters. The number of halogens is 3. The van der Waals surface area contributed by atoms with Crippen LogP contribution in [0.5, 0.6) is 0 Å². The van der Waals surface area contributed by atoms with Gasteiger partial charge in [0.1, 0.15) is 12.1 Å². The maximum atomic E-state index is 13.0. The second-order valence-electron chi connectivity index (χ2n) is 7.90. The number of alkyl halides is 3. The summed E-state index contributed by atoms with van der Waals surface area (Å²) in [6.07, 6.45) is 0.576. The molecular weight excluding hydrogens is 381 g/mol. The summed E-state index contributed by atoms with van der Waals surface area (Å²) in [4.78, 5) is 21.3. The SMILES string of the molecule is Cc1c(=O)n(C2(C)CC2)cc2c(N[C@@H](C)c3cccc(C(F)(F)F)c3)ncnc12. The first-order valence-corrected chi connectivity index (χ1v) is 9.41. The van der Waals surface area contributed by atoms with Crippen LogP contribution in [-0.2, 0) is 11.7 Å². The van der Waals surface area contributed by atoms with Gasteiger partial charge in [0, 0.05) is 23.3 Å². The van der Waals surface area contributed by atoms with E-state index in [1.54, 1.807) is 30.7 Å². The highest BCUT2D eigenvalue weighted by Gasteiger charge is 2.40. The summed E-state index contributed by atoms with van der Waals surface area (Å²) < 4.78 is 40.8. The van der Waals surface area contributed by atoms with E-state index in [9.17, 15) is 18.0 Å². The molecule has 1 aliphatic rings. The maximum absolute atomic E-state index is 13.0. The minimum atomic E-state index is -4.40. The zero-order valence-electron chi connectivity index (χ0n) is 16.3. The van der Waals surface area contributed by atoms with Crippen LogP contribution in [0.15, 0.2) is 41.6 Å². The van der Waals surface area contributed by atoms with E-state index in [0.717, 1.165) is 25.0 Å². The zero-order valence-corrected chi connectivity index (χ0v) is 16.3. The monoisotopic (exact) mass is 402 g/mol. The summed E-state index contributed by atoms with van der Waals surface area (Å²) in [6.45, 7) is 5.54. The molecule has 4 rings (SSSR count). The third-order valence-electron chi connectivity index (χ3n) is 5.66. The van der Waals surface area contributed by atoms with Crippen molar-refractivity contribution in [1.82, 2.24) is 14.5 Å². The lowest BCUT2D eigenvalue weighted by atomic mass is 10.0. The van der Waals surface area contributed by atoms with E-state index in [1.807, 2.05) is 6.92 Å². The molecule has 3 aromatic rings. The van der Waals surface area contributed by atoms with Gasteiger partial charge >= 0.3 is 6.18 Å². The van der Waals surface area contributed by atoms with E-state index in [2.05, 4.69) is 15.3 Å². The number of anilines is 1. The molecule has 1 aliphatic carbocycles. The summed E-state index contributed by atoms with van der Waals surface area (Å²) >= 11 is 0. The van der Waals surface area contributed by atoms with Crippen LogP contribution in [0.3, 0.4) is 0 Å². The van der Waals surface area contributed by atoms with Gasteiger partial charge in [-0.1, -0.05) is 12.1 Å². The smallest absolute Gasteiger partial charge is 0.363 e. The molecule has 1 N–H and O–H groups in total. The Hall–Kier alpha value is -2.90. The fraction of sp³-hybridized carbons (Fsp3) is 0.381. The molecule has 2 heterocycles. The summed E-state index contributed by atoms with van der Waals surface area (Å²) in [7, 11) is 0. The summed E-state index contributed by atoms with van der Waals surface area (Å²) in [5.74, 6) is 0.487. The Kier molecular flexibility index (Phi) is 4.40. The second kappa shape index (κ2) is 6.57. The van der Waals surface area contributed by atoms with Crippen LogP contribution in [0.4, 0.5) is 19.0 Å². The van der Waals surface area contributed by atoms with Crippen LogP contribution in [0, 0.1) is 6.92 Å². The van der Waals surface area contributed by atoms with Gasteiger partial charge in [0.05, 0.1) is 16.5 Å². The van der Waals surface area contributed by atoms with E-state index in [-0.39, 0.29) is 11.1 Å². The van der Waals surface area contributed by atoms with Crippen molar-refractivity contribution >= 4 is 16.7 Å². The van der Waals surface area contributed by atoms with Crippen LogP contribution in [-0.4, -0.2) is 14.5 Å². The number of hydrogen-bond donors (Lipinski definition) is 1. The number of fused-ring (bicyclic) bond motifs is 1. The Labute approximate surface area is 165 Å². The maximum Gasteiger partial charge on any atom is 0.416 e. The van der Waals surface area contributed by atoms with Crippen molar-refractivity contribution < 1.29 is 13.2 Å². The van der Waals surface area contributed by atoms with Crippen molar-refractivity contribution in [3.8, 4) is 0 Å². The summed E-state index contributed by atoms with van der Waals surface area (Å²) in [6, 6.07) is 4.79. The van der Waals surface area contributed by atoms with E-state index >= 15 is 0 Å². The van der Waals surface area contributed by atoms with Gasteiger partial charge in [-0.25, -0.2) is 9.97 Å². The van der Waals surface area contributed by atoms with E-state index < -0.39 is 17.8 Å². The van der Waals surface area contributed by atoms with Gasteiger partial charge in [0.2, 0.25) is 0 Å². The molecule has 0 spiro atoms. The molecule has 0 saturated heterocycles. The predicted molar refractivity (Wildman–Crippen MR) is 105 cm³/mol. The van der Waals surface area contributed by atoms with E-state index in [1.165, 1.54) is 12.4 Å². The van der Waals surface area contributed by atoms with Gasteiger partial charge in [-0.15, -0.1) is 0 Å². The highest BCUT2D eigenvalue weighted by molar-refractivity contribution is 5.90. The van der Waals surface area contributed by atoms with Crippen molar-refractivity contribution in [1.29, 1.82) is 0 Å². The van der Waals surface area contributed by atoms with E-state index in [4.69, 9.17) is 0 Å². The number of aromatic nitrogens is 3. The lowest BCUT2D eigenvalue weighted by Crippen LogP contribution is -2.29. The van der Waals surface area contributed by atoms with Crippen molar-refractivity contribution in [2.24, 2.45) is 0 Å². The number of pyridine rings is 1. The number of nitrogens with zero attached hydrogens (tertiary/aromatic N) is 3. The fourth-order valence-electron chi connectivity index (χ4n) is 3.50. The first-order valence-electron chi connectivity index (χ1n) is 9.41. The fourth-order valence-corrected chi connectivity index (χ4v) is 3.50. The topological polar surface area (TPSA) is 59.8 Å². The molecule has 0 amide bonds. The minimum absolute atomic E-state index is 0.0759. The summed E-state index contributed by atoms with van der Waals surface area (Å²) in [5, 5.41) is 3.87. The zero-order chi connectivity index (χ0) is 21.0. The van der Waals surface area contributed by atoms with Gasteiger partial charge in [-0.2, -0.15) is 13.2 Å². The highest BCUT2D eigenvalue weighted by atomic mass is 19.4. The number of nitrogens with one attached hydrogen (secondary N) is 1. The average Bonchev–Trinajstić information content (AvgIpc) is 3.42. The first-order chi connectivity index (χ1) is 13.6. The van der Waals surface area contributed by atoms with Gasteiger partial charge in [-0.05, 0) is 51.3 Å². The Bertz CT molecular complexity index is 1150. The molecule has 29 heavy (non-hydrogen) atoms. The molecule has 1 saturated carbocycles. The lowest BCUT2D eigenvalue weighted by molar-refractivity contribution is -0.137. The number of rotatable bonds is 4. The molecule has 0 aliphatic heterocycles. The molecule has 1 aromatic carbocycles. The Morgan fingerprint density at radius 2 is 1.97 bits per heavy atom.